The summed E-state index contributed by atoms with van der Waals surface area (Å²) in [6, 6.07) is 0.933. The Hall–Kier alpha value is -0.0800. The van der Waals surface area contributed by atoms with Gasteiger partial charge < -0.3 is 5.32 Å². The highest BCUT2D eigenvalue weighted by Gasteiger charge is 2.32. The molecule has 2 nitrogen and oxygen atoms in total. The lowest BCUT2D eigenvalue weighted by atomic mass is 9.88. The van der Waals surface area contributed by atoms with Gasteiger partial charge in [-0.2, -0.15) is 0 Å². The van der Waals surface area contributed by atoms with Gasteiger partial charge in [-0.15, -0.1) is 0 Å². The van der Waals surface area contributed by atoms with Crippen LogP contribution in [-0.2, 0) is 0 Å². The summed E-state index contributed by atoms with van der Waals surface area (Å²) in [6.07, 6.45) is 2.89. The maximum absolute atomic E-state index is 3.38. The summed E-state index contributed by atoms with van der Waals surface area (Å²) >= 11 is 0. The number of nitrogens with one attached hydrogen (secondary N) is 1. The topological polar surface area (TPSA) is 15.3 Å². The van der Waals surface area contributed by atoms with Gasteiger partial charge in [-0.25, -0.2) is 0 Å². The highest BCUT2D eigenvalue weighted by Crippen LogP contribution is 2.29. The first kappa shape index (κ1) is 11.4. The van der Waals surface area contributed by atoms with Crippen molar-refractivity contribution >= 4 is 0 Å². The zero-order chi connectivity index (χ0) is 10.8. The number of hydrogen-bond donors (Lipinski definition) is 1. The van der Waals surface area contributed by atoms with Crippen molar-refractivity contribution in [2.75, 3.05) is 26.2 Å². The second-order valence-electron chi connectivity index (χ2n) is 5.97. The Labute approximate surface area is 94.4 Å². The first-order chi connectivity index (χ1) is 7.16. The van der Waals surface area contributed by atoms with Crippen LogP contribution < -0.4 is 5.32 Å². The zero-order valence-electron chi connectivity index (χ0n) is 10.5. The Bertz CT molecular complexity index is 195. The minimum Gasteiger partial charge on any atom is -0.316 e. The Kier molecular flexibility index (Phi) is 3.68. The van der Waals surface area contributed by atoms with Crippen molar-refractivity contribution in [3.8, 4) is 0 Å². The van der Waals surface area contributed by atoms with Crippen molar-refractivity contribution in [1.29, 1.82) is 0 Å². The van der Waals surface area contributed by atoms with Gasteiger partial charge in [-0.05, 0) is 43.7 Å². The second-order valence-corrected chi connectivity index (χ2v) is 5.97. The average Bonchev–Trinajstić information content (AvgIpc) is 2.79. The van der Waals surface area contributed by atoms with Crippen LogP contribution in [0.15, 0.2) is 0 Å². The molecule has 0 aromatic rings. The highest BCUT2D eigenvalue weighted by atomic mass is 15.2. The van der Waals surface area contributed by atoms with Crippen LogP contribution in [0.2, 0.25) is 0 Å². The highest BCUT2D eigenvalue weighted by molar-refractivity contribution is 4.88. The van der Waals surface area contributed by atoms with Crippen LogP contribution in [0.25, 0.3) is 0 Å². The minimum absolute atomic E-state index is 0.817. The van der Waals surface area contributed by atoms with Crippen LogP contribution >= 0.6 is 0 Å². The molecule has 0 aromatic heterocycles. The monoisotopic (exact) mass is 210 g/mol. The van der Waals surface area contributed by atoms with Crippen LogP contribution in [0, 0.1) is 17.8 Å². The molecule has 1 saturated carbocycles. The molecule has 2 fully saturated rings. The van der Waals surface area contributed by atoms with E-state index >= 15 is 0 Å². The number of hydrogen-bond acceptors (Lipinski definition) is 2. The van der Waals surface area contributed by atoms with E-state index in [9.17, 15) is 0 Å². The average molecular weight is 210 g/mol. The molecule has 0 amide bonds. The third-order valence-corrected chi connectivity index (χ3v) is 3.80. The molecule has 0 radical (unpaired) electrons. The van der Waals surface area contributed by atoms with Gasteiger partial charge in [0.05, 0.1) is 0 Å². The van der Waals surface area contributed by atoms with E-state index in [0.29, 0.717) is 0 Å². The molecule has 15 heavy (non-hydrogen) atoms. The molecule has 1 N–H and O–H groups in total. The number of rotatable bonds is 6. The van der Waals surface area contributed by atoms with E-state index < -0.39 is 0 Å². The Morgan fingerprint density at radius 1 is 1.13 bits per heavy atom. The lowest BCUT2D eigenvalue weighted by molar-refractivity contribution is 0.149. The van der Waals surface area contributed by atoms with Gasteiger partial charge in [-0.1, -0.05) is 20.8 Å². The van der Waals surface area contributed by atoms with Crippen molar-refractivity contribution in [3.63, 3.8) is 0 Å². The minimum atomic E-state index is 0.817. The first-order valence-corrected chi connectivity index (χ1v) is 6.61. The maximum Gasteiger partial charge on any atom is 0.00966 e. The molecule has 88 valence electrons. The molecule has 1 saturated heterocycles. The molecule has 2 rings (SSSR count). The van der Waals surface area contributed by atoms with Crippen molar-refractivity contribution in [2.24, 2.45) is 17.8 Å². The summed E-state index contributed by atoms with van der Waals surface area (Å²) < 4.78 is 0. The SMILES string of the molecule is CC(C)CN(CC(C)C1CNC1)C1CC1. The van der Waals surface area contributed by atoms with Crippen molar-refractivity contribution < 1.29 is 0 Å². The van der Waals surface area contributed by atoms with E-state index in [1.54, 1.807) is 0 Å². The number of nitrogens with zero attached hydrogens (tertiary/aromatic N) is 1. The summed E-state index contributed by atoms with van der Waals surface area (Å²) in [5, 5.41) is 3.38. The molecule has 0 spiro atoms. The predicted octanol–water partition coefficient (Wildman–Crippen LogP) is 1.96. The molecular weight excluding hydrogens is 184 g/mol. The van der Waals surface area contributed by atoms with Gasteiger partial charge in [0, 0.05) is 19.1 Å². The Balaban J connectivity index is 1.77. The van der Waals surface area contributed by atoms with Gasteiger partial charge in [0.1, 0.15) is 0 Å². The molecule has 1 aliphatic heterocycles. The van der Waals surface area contributed by atoms with E-state index in [1.807, 2.05) is 0 Å². The van der Waals surface area contributed by atoms with Gasteiger partial charge in [0.25, 0.3) is 0 Å². The van der Waals surface area contributed by atoms with Crippen molar-refractivity contribution in [2.45, 2.75) is 39.7 Å². The standard InChI is InChI=1S/C13H26N2/c1-10(2)8-15(13-4-5-13)9-11(3)12-6-14-7-12/h10-14H,4-9H2,1-3H3. The molecule has 2 aliphatic rings. The van der Waals surface area contributed by atoms with Gasteiger partial charge >= 0.3 is 0 Å². The second kappa shape index (κ2) is 4.84. The van der Waals surface area contributed by atoms with Crippen LogP contribution in [0.4, 0.5) is 0 Å². The van der Waals surface area contributed by atoms with Crippen LogP contribution in [0.5, 0.6) is 0 Å². The largest absolute Gasteiger partial charge is 0.316 e. The van der Waals surface area contributed by atoms with E-state index in [4.69, 9.17) is 0 Å². The fourth-order valence-electron chi connectivity index (χ4n) is 2.51. The third-order valence-electron chi connectivity index (χ3n) is 3.80. The van der Waals surface area contributed by atoms with Gasteiger partial charge in [0.15, 0.2) is 0 Å². The molecule has 1 unspecified atom stereocenters. The Morgan fingerprint density at radius 2 is 1.80 bits per heavy atom. The van der Waals surface area contributed by atoms with Crippen molar-refractivity contribution in [3.05, 3.63) is 0 Å². The Morgan fingerprint density at radius 3 is 2.20 bits per heavy atom. The molecule has 1 heterocycles. The predicted molar refractivity (Wildman–Crippen MR) is 65.0 cm³/mol. The van der Waals surface area contributed by atoms with Gasteiger partial charge in [0.2, 0.25) is 0 Å². The molecular formula is C13H26N2. The van der Waals surface area contributed by atoms with Gasteiger partial charge in [-0.3, -0.25) is 4.90 Å². The maximum atomic E-state index is 3.38. The van der Waals surface area contributed by atoms with Crippen LogP contribution in [0.1, 0.15) is 33.6 Å². The fourth-order valence-corrected chi connectivity index (χ4v) is 2.51. The smallest absolute Gasteiger partial charge is 0.00966 e. The summed E-state index contributed by atoms with van der Waals surface area (Å²) in [5.74, 6) is 2.64. The molecule has 1 aliphatic carbocycles. The van der Waals surface area contributed by atoms with Crippen LogP contribution in [0.3, 0.4) is 0 Å². The molecule has 1 atom stereocenters. The molecule has 0 aromatic carbocycles. The summed E-state index contributed by atoms with van der Waals surface area (Å²) in [4.78, 5) is 2.74. The lowest BCUT2D eigenvalue weighted by Gasteiger charge is -2.36. The fraction of sp³-hybridized carbons (Fsp3) is 1.00. The lowest BCUT2D eigenvalue weighted by Crippen LogP contribution is -2.48. The molecule has 0 bridgehead atoms. The summed E-state index contributed by atoms with van der Waals surface area (Å²) in [7, 11) is 0. The van der Waals surface area contributed by atoms with Crippen LogP contribution in [-0.4, -0.2) is 37.1 Å². The summed E-state index contributed by atoms with van der Waals surface area (Å²) in [6.45, 7) is 12.2. The summed E-state index contributed by atoms with van der Waals surface area (Å²) in [5.41, 5.74) is 0. The van der Waals surface area contributed by atoms with E-state index in [-0.39, 0.29) is 0 Å². The van der Waals surface area contributed by atoms with E-state index in [0.717, 1.165) is 23.8 Å². The normalized spacial score (nSPS) is 24.6. The quantitative estimate of drug-likeness (QED) is 0.721. The first-order valence-electron chi connectivity index (χ1n) is 6.61. The third kappa shape index (κ3) is 3.18. The molecule has 2 heteroatoms. The van der Waals surface area contributed by atoms with Crippen molar-refractivity contribution in [1.82, 2.24) is 10.2 Å². The zero-order valence-corrected chi connectivity index (χ0v) is 10.5. The van der Waals surface area contributed by atoms with E-state index in [2.05, 4.69) is 31.0 Å². The van der Waals surface area contributed by atoms with E-state index in [1.165, 1.54) is 39.0 Å².